The van der Waals surface area contributed by atoms with Gasteiger partial charge in [-0.15, -0.1) is 0 Å². The summed E-state index contributed by atoms with van der Waals surface area (Å²) in [5, 5.41) is 29.9. The Morgan fingerprint density at radius 1 is 1.35 bits per heavy atom. The van der Waals surface area contributed by atoms with E-state index in [1.54, 1.807) is 12.1 Å². The molecule has 14 heteroatoms. The number of nitrogens with zero attached hydrogens (tertiary/aromatic N) is 4. The normalized spacial score (nSPS) is 19.8. The lowest BCUT2D eigenvalue weighted by molar-refractivity contribution is -0.153. The molecule has 2 aliphatic rings. The van der Waals surface area contributed by atoms with Gasteiger partial charge in [-0.25, -0.2) is 9.67 Å². The van der Waals surface area contributed by atoms with Gasteiger partial charge in [-0.05, 0) is 55.2 Å². The molecule has 2 amide bonds. The molecule has 2 atom stereocenters. The highest BCUT2D eigenvalue weighted by Gasteiger charge is 2.37. The molecule has 11 nitrogen and oxygen atoms in total. The van der Waals surface area contributed by atoms with Crippen LogP contribution in [0.4, 0.5) is 13.2 Å². The first-order chi connectivity index (χ1) is 20.4. The zero-order chi connectivity index (χ0) is 30.8. The third kappa shape index (κ3) is 6.95. The number of pyridine rings is 1. The number of hydrogen-bond donors (Lipinski definition) is 3. The first-order valence-corrected chi connectivity index (χ1v) is 13.6. The predicted molar refractivity (Wildman–Crippen MR) is 145 cm³/mol. The van der Waals surface area contributed by atoms with Crippen LogP contribution in [-0.4, -0.2) is 75.9 Å². The van der Waals surface area contributed by atoms with Gasteiger partial charge in [-0.2, -0.15) is 23.5 Å². The Bertz CT molecular complexity index is 1560. The summed E-state index contributed by atoms with van der Waals surface area (Å²) in [4.78, 5) is 31.1. The van der Waals surface area contributed by atoms with Gasteiger partial charge in [0, 0.05) is 38.2 Å². The second-order valence-electron chi connectivity index (χ2n) is 10.7. The summed E-state index contributed by atoms with van der Waals surface area (Å²) in [6, 6.07) is 9.36. The molecule has 2 aliphatic heterocycles. The smallest absolute Gasteiger partial charge is 0.422 e. The molecule has 1 saturated heterocycles. The molecule has 0 bridgehead atoms. The predicted octanol–water partition coefficient (Wildman–Crippen LogP) is 2.56. The number of aromatic nitrogens is 3. The van der Waals surface area contributed by atoms with Crippen LogP contribution in [0.25, 0.3) is 5.82 Å². The second kappa shape index (κ2) is 12.0. The van der Waals surface area contributed by atoms with Crippen molar-refractivity contribution < 1.29 is 37.3 Å². The number of amides is 2. The molecule has 0 spiro atoms. The summed E-state index contributed by atoms with van der Waals surface area (Å²) in [6.45, 7) is 0.786. The maximum atomic E-state index is 13.5. The van der Waals surface area contributed by atoms with Crippen LogP contribution < -0.4 is 15.4 Å². The van der Waals surface area contributed by atoms with Gasteiger partial charge in [-0.1, -0.05) is 6.07 Å². The Morgan fingerprint density at radius 2 is 2.16 bits per heavy atom. The van der Waals surface area contributed by atoms with Crippen LogP contribution in [0, 0.1) is 18.3 Å². The van der Waals surface area contributed by atoms with Crippen molar-refractivity contribution in [1.29, 1.82) is 5.26 Å². The number of aryl methyl sites for hydroxylation is 2. The van der Waals surface area contributed by atoms with E-state index >= 15 is 0 Å². The average molecular weight is 599 g/mol. The molecule has 1 aromatic carbocycles. The van der Waals surface area contributed by atoms with Crippen LogP contribution in [0.1, 0.15) is 56.1 Å². The highest BCUT2D eigenvalue weighted by Crippen LogP contribution is 2.27. The fourth-order valence-corrected chi connectivity index (χ4v) is 5.08. The van der Waals surface area contributed by atoms with E-state index in [4.69, 9.17) is 14.7 Å². The van der Waals surface area contributed by atoms with E-state index in [2.05, 4.69) is 20.7 Å². The molecule has 0 saturated carbocycles. The van der Waals surface area contributed by atoms with Crippen LogP contribution in [0.2, 0.25) is 0 Å². The number of rotatable bonds is 9. The summed E-state index contributed by atoms with van der Waals surface area (Å²) in [5.74, 6) is -0.832. The molecule has 43 heavy (non-hydrogen) atoms. The van der Waals surface area contributed by atoms with Crippen LogP contribution in [0.15, 0.2) is 36.5 Å². The van der Waals surface area contributed by atoms with Gasteiger partial charge in [0.1, 0.15) is 23.1 Å². The number of hydrogen-bond acceptors (Lipinski definition) is 8. The first-order valence-electron chi connectivity index (χ1n) is 13.6. The summed E-state index contributed by atoms with van der Waals surface area (Å²) in [7, 11) is 0. The SMILES string of the molecule is Cc1ccc(OCC(F)(F)F)cc1CC[C@H]1Cc2nn(-c3ccc(C#N)cn3)c(C(=O)NCC3(O)CCOC3)c2C(=O)N1. The quantitative estimate of drug-likeness (QED) is 0.340. The van der Waals surface area contributed by atoms with Crippen LogP contribution >= 0.6 is 0 Å². The largest absolute Gasteiger partial charge is 0.484 e. The second-order valence-corrected chi connectivity index (χ2v) is 10.7. The standard InChI is InChI=1S/C29H29F3N6O5/c1-17-2-6-21(43-16-29(30,31)32)10-19(17)4-5-20-11-22-24(26(39)36-20)25(27(40)35-14-28(41)8-9-42-15-28)38(37-22)23-7-3-18(12-33)13-34-23/h2-3,6-7,10,13,20,41H,4-5,8-9,11,14-16H2,1H3,(H,35,40)(H,36,39)/t20-,28?/m0/s1. The lowest BCUT2D eigenvalue weighted by atomic mass is 9.94. The van der Waals surface area contributed by atoms with E-state index in [1.807, 2.05) is 13.0 Å². The number of benzene rings is 1. The van der Waals surface area contributed by atoms with Gasteiger partial charge < -0.3 is 25.2 Å². The summed E-state index contributed by atoms with van der Waals surface area (Å²) in [5.41, 5.74) is 1.10. The summed E-state index contributed by atoms with van der Waals surface area (Å²) in [6.07, 6.45) is -1.60. The number of halogens is 3. The van der Waals surface area contributed by atoms with Crippen LogP contribution in [-0.2, 0) is 17.6 Å². The number of carbonyl (C=O) groups excluding carboxylic acids is 2. The monoisotopic (exact) mass is 598 g/mol. The number of carbonyl (C=O) groups is 2. The summed E-state index contributed by atoms with van der Waals surface area (Å²) >= 11 is 0. The molecular formula is C29H29F3N6O5. The Hall–Kier alpha value is -4.48. The molecule has 4 heterocycles. The van der Waals surface area contributed by atoms with Gasteiger partial charge in [0.05, 0.1) is 23.4 Å². The number of fused-ring (bicyclic) bond motifs is 1. The Balaban J connectivity index is 1.37. The molecular weight excluding hydrogens is 569 g/mol. The molecule has 2 aromatic heterocycles. The third-order valence-electron chi connectivity index (χ3n) is 7.41. The highest BCUT2D eigenvalue weighted by atomic mass is 19.4. The van der Waals surface area contributed by atoms with Gasteiger partial charge in [-0.3, -0.25) is 9.59 Å². The molecule has 3 N–H and O–H groups in total. The van der Waals surface area contributed by atoms with Crippen molar-refractivity contribution in [3.63, 3.8) is 0 Å². The molecule has 3 aromatic rings. The zero-order valence-corrected chi connectivity index (χ0v) is 23.2. The van der Waals surface area contributed by atoms with E-state index in [0.29, 0.717) is 37.1 Å². The van der Waals surface area contributed by atoms with E-state index in [0.717, 1.165) is 11.1 Å². The van der Waals surface area contributed by atoms with E-state index in [9.17, 15) is 27.9 Å². The molecule has 5 rings (SSSR count). The fraction of sp³-hybridized carbons (Fsp3) is 0.414. The Kier molecular flexibility index (Phi) is 8.38. The van der Waals surface area contributed by atoms with Crippen molar-refractivity contribution in [2.45, 2.75) is 50.4 Å². The lowest BCUT2D eigenvalue weighted by Gasteiger charge is -2.24. The number of nitrogens with one attached hydrogen (secondary N) is 2. The average Bonchev–Trinajstić information content (AvgIpc) is 3.59. The minimum absolute atomic E-state index is 0.0592. The third-order valence-corrected chi connectivity index (χ3v) is 7.41. The molecule has 1 unspecified atom stereocenters. The topological polar surface area (TPSA) is 151 Å². The van der Waals surface area contributed by atoms with Gasteiger partial charge >= 0.3 is 6.18 Å². The van der Waals surface area contributed by atoms with E-state index in [1.165, 1.54) is 29.1 Å². The maximum Gasteiger partial charge on any atom is 0.422 e. The molecule has 1 fully saturated rings. The Morgan fingerprint density at radius 3 is 2.84 bits per heavy atom. The lowest BCUT2D eigenvalue weighted by Crippen LogP contribution is -2.45. The fourth-order valence-electron chi connectivity index (χ4n) is 5.08. The van der Waals surface area contributed by atoms with Crippen LogP contribution in [0.5, 0.6) is 5.75 Å². The number of ether oxygens (including phenoxy) is 2. The van der Waals surface area contributed by atoms with E-state index < -0.39 is 30.2 Å². The number of aliphatic hydroxyl groups is 1. The summed E-state index contributed by atoms with van der Waals surface area (Å²) < 4.78 is 49.2. The van der Waals surface area contributed by atoms with Crippen LogP contribution in [0.3, 0.4) is 0 Å². The highest BCUT2D eigenvalue weighted by molar-refractivity contribution is 6.08. The van der Waals surface area contributed by atoms with Crippen molar-refractivity contribution in [3.8, 4) is 17.6 Å². The minimum Gasteiger partial charge on any atom is -0.484 e. The van der Waals surface area contributed by atoms with Gasteiger partial charge in [0.15, 0.2) is 12.4 Å². The van der Waals surface area contributed by atoms with Crippen molar-refractivity contribution >= 4 is 11.8 Å². The number of nitriles is 1. The zero-order valence-electron chi connectivity index (χ0n) is 23.2. The van der Waals surface area contributed by atoms with Crippen molar-refractivity contribution in [3.05, 3.63) is 70.2 Å². The first kappa shape index (κ1) is 30.0. The van der Waals surface area contributed by atoms with E-state index in [-0.39, 0.29) is 48.4 Å². The minimum atomic E-state index is -4.45. The maximum absolute atomic E-state index is 13.5. The molecule has 226 valence electrons. The Labute approximate surface area is 244 Å². The van der Waals surface area contributed by atoms with Crippen molar-refractivity contribution in [2.24, 2.45) is 0 Å². The van der Waals surface area contributed by atoms with Crippen molar-refractivity contribution in [2.75, 3.05) is 26.4 Å². The van der Waals surface area contributed by atoms with Gasteiger partial charge in [0.25, 0.3) is 11.8 Å². The molecule has 0 radical (unpaired) electrons. The van der Waals surface area contributed by atoms with Crippen molar-refractivity contribution in [1.82, 2.24) is 25.4 Å². The number of alkyl halides is 3. The van der Waals surface area contributed by atoms with Gasteiger partial charge in [0.2, 0.25) is 0 Å². The molecule has 0 aliphatic carbocycles.